The molecule has 0 atom stereocenters. The summed E-state index contributed by atoms with van der Waals surface area (Å²) in [5.41, 5.74) is 6.22. The minimum absolute atomic E-state index is 0.410. The number of hydrogen-bond acceptors (Lipinski definition) is 8. The number of primary amides is 1. The van der Waals surface area contributed by atoms with Gasteiger partial charge in [0.1, 0.15) is 11.6 Å². The molecule has 0 saturated carbocycles. The SMILES string of the molecule is CSNCCN1CCN(c2nc(C)nc3cc(C(N)=O)sc23)CC1. The Morgan fingerprint density at radius 2 is 2.12 bits per heavy atom. The van der Waals surface area contributed by atoms with Gasteiger partial charge in [-0.3, -0.25) is 14.4 Å². The molecule has 7 nitrogen and oxygen atoms in total. The first-order valence-corrected chi connectivity index (χ1v) is 9.93. The zero-order valence-corrected chi connectivity index (χ0v) is 15.5. The number of rotatable bonds is 6. The van der Waals surface area contributed by atoms with Crippen molar-refractivity contribution in [1.82, 2.24) is 19.6 Å². The first kappa shape index (κ1) is 17.4. The average molecular weight is 367 g/mol. The van der Waals surface area contributed by atoms with Crippen molar-refractivity contribution >= 4 is 45.2 Å². The van der Waals surface area contributed by atoms with Gasteiger partial charge in [-0.15, -0.1) is 11.3 Å². The van der Waals surface area contributed by atoms with Crippen molar-refractivity contribution in [3.05, 3.63) is 16.8 Å². The molecule has 9 heteroatoms. The van der Waals surface area contributed by atoms with E-state index in [2.05, 4.69) is 24.5 Å². The predicted molar refractivity (Wildman–Crippen MR) is 101 cm³/mol. The summed E-state index contributed by atoms with van der Waals surface area (Å²) in [5.74, 6) is 1.24. The average Bonchev–Trinajstić information content (AvgIpc) is 2.99. The number of thiophene rings is 1. The lowest BCUT2D eigenvalue weighted by molar-refractivity contribution is 0.100. The molecule has 0 spiro atoms. The number of carbonyl (C=O) groups excluding carboxylic acids is 1. The Morgan fingerprint density at radius 3 is 2.79 bits per heavy atom. The Bertz CT molecular complexity index is 726. The van der Waals surface area contributed by atoms with Crippen LogP contribution in [0.25, 0.3) is 10.2 Å². The summed E-state index contributed by atoms with van der Waals surface area (Å²) in [6.45, 7) is 7.80. The maximum Gasteiger partial charge on any atom is 0.258 e. The maximum absolute atomic E-state index is 11.5. The van der Waals surface area contributed by atoms with Crippen LogP contribution >= 0.6 is 23.3 Å². The van der Waals surface area contributed by atoms with Gasteiger partial charge in [0, 0.05) is 39.3 Å². The van der Waals surface area contributed by atoms with E-state index >= 15 is 0 Å². The molecule has 3 rings (SSSR count). The van der Waals surface area contributed by atoms with Crippen LogP contribution in [-0.2, 0) is 0 Å². The van der Waals surface area contributed by atoms with E-state index in [9.17, 15) is 4.79 Å². The van der Waals surface area contributed by atoms with E-state index in [1.807, 2.05) is 13.2 Å². The number of carbonyl (C=O) groups is 1. The van der Waals surface area contributed by atoms with E-state index < -0.39 is 5.91 Å². The van der Waals surface area contributed by atoms with Gasteiger partial charge in [-0.2, -0.15) is 0 Å². The number of nitrogens with two attached hydrogens (primary N) is 1. The van der Waals surface area contributed by atoms with Gasteiger partial charge in [0.05, 0.1) is 15.1 Å². The molecular formula is C15H22N6OS2. The third kappa shape index (κ3) is 3.80. The molecule has 1 fully saturated rings. The predicted octanol–water partition coefficient (Wildman–Crippen LogP) is 1.09. The molecule has 1 amide bonds. The highest BCUT2D eigenvalue weighted by atomic mass is 32.2. The van der Waals surface area contributed by atoms with Crippen molar-refractivity contribution in [3.8, 4) is 0 Å². The number of nitrogens with zero attached hydrogens (tertiary/aromatic N) is 4. The van der Waals surface area contributed by atoms with Gasteiger partial charge in [-0.05, 0) is 19.2 Å². The van der Waals surface area contributed by atoms with Crippen molar-refractivity contribution in [2.75, 3.05) is 50.4 Å². The third-order valence-corrected chi connectivity index (χ3v) is 5.68. The molecule has 0 aliphatic carbocycles. The van der Waals surface area contributed by atoms with E-state index in [0.29, 0.717) is 4.88 Å². The van der Waals surface area contributed by atoms with Crippen LogP contribution in [0.1, 0.15) is 15.5 Å². The molecule has 24 heavy (non-hydrogen) atoms. The second-order valence-electron chi connectivity index (χ2n) is 5.71. The van der Waals surface area contributed by atoms with Crippen LogP contribution in [0.5, 0.6) is 0 Å². The van der Waals surface area contributed by atoms with Crippen LogP contribution in [-0.4, -0.2) is 66.3 Å². The number of hydrogen-bond donors (Lipinski definition) is 2. The molecule has 2 aromatic heterocycles. The van der Waals surface area contributed by atoms with Crippen molar-refractivity contribution in [1.29, 1.82) is 0 Å². The highest BCUT2D eigenvalue weighted by molar-refractivity contribution is 7.96. The van der Waals surface area contributed by atoms with Gasteiger partial charge in [-0.1, -0.05) is 11.9 Å². The number of aryl methyl sites for hydroxylation is 1. The number of nitrogens with one attached hydrogen (secondary N) is 1. The monoisotopic (exact) mass is 366 g/mol. The van der Waals surface area contributed by atoms with Crippen LogP contribution in [0, 0.1) is 6.92 Å². The molecule has 0 bridgehead atoms. The lowest BCUT2D eigenvalue weighted by Crippen LogP contribution is -2.48. The minimum atomic E-state index is -0.410. The summed E-state index contributed by atoms with van der Waals surface area (Å²) >= 11 is 3.04. The second-order valence-corrected chi connectivity index (χ2v) is 7.46. The van der Waals surface area contributed by atoms with Crippen LogP contribution in [0.3, 0.4) is 0 Å². The van der Waals surface area contributed by atoms with Crippen molar-refractivity contribution in [2.24, 2.45) is 5.73 Å². The van der Waals surface area contributed by atoms with E-state index in [-0.39, 0.29) is 0 Å². The highest BCUT2D eigenvalue weighted by Crippen LogP contribution is 2.32. The van der Waals surface area contributed by atoms with Crippen molar-refractivity contribution < 1.29 is 4.79 Å². The molecule has 0 radical (unpaired) electrons. The normalized spacial score (nSPS) is 16.0. The fourth-order valence-electron chi connectivity index (χ4n) is 2.85. The minimum Gasteiger partial charge on any atom is -0.365 e. The summed E-state index contributed by atoms with van der Waals surface area (Å²) in [6.07, 6.45) is 2.04. The van der Waals surface area contributed by atoms with Gasteiger partial charge in [-0.25, -0.2) is 9.97 Å². The standard InChI is InChI=1S/C15H22N6OS2/c1-10-18-11-9-12(14(16)22)24-13(11)15(19-10)21-7-5-20(6-8-21)4-3-17-23-2/h9,17H,3-8H2,1-2H3,(H2,16,22). The first-order valence-electron chi connectivity index (χ1n) is 7.89. The Morgan fingerprint density at radius 1 is 1.38 bits per heavy atom. The van der Waals surface area contributed by atoms with E-state index in [1.165, 1.54) is 11.3 Å². The van der Waals surface area contributed by atoms with E-state index in [4.69, 9.17) is 5.73 Å². The topological polar surface area (TPSA) is 87.4 Å². The van der Waals surface area contributed by atoms with Crippen LogP contribution in [0.4, 0.5) is 5.82 Å². The molecule has 1 aliphatic rings. The molecule has 1 saturated heterocycles. The van der Waals surface area contributed by atoms with Gasteiger partial charge in [0.25, 0.3) is 5.91 Å². The summed E-state index contributed by atoms with van der Waals surface area (Å²) in [7, 11) is 0. The maximum atomic E-state index is 11.5. The van der Waals surface area contributed by atoms with Gasteiger partial charge < -0.3 is 10.6 Å². The molecule has 3 N–H and O–H groups in total. The summed E-state index contributed by atoms with van der Waals surface area (Å²) < 4.78 is 4.23. The first-order chi connectivity index (χ1) is 11.6. The van der Waals surface area contributed by atoms with Gasteiger partial charge in [0.2, 0.25) is 0 Å². The quantitative estimate of drug-likeness (QED) is 0.584. The fraction of sp³-hybridized carbons (Fsp3) is 0.533. The van der Waals surface area contributed by atoms with Crippen molar-refractivity contribution in [2.45, 2.75) is 6.92 Å². The Kier molecular flexibility index (Phi) is 5.54. The van der Waals surface area contributed by atoms with Gasteiger partial charge in [0.15, 0.2) is 0 Å². The van der Waals surface area contributed by atoms with Crippen molar-refractivity contribution in [3.63, 3.8) is 0 Å². The largest absolute Gasteiger partial charge is 0.365 e. The Hall–Kier alpha value is -1.42. The zero-order valence-electron chi connectivity index (χ0n) is 13.9. The Labute approximate surface area is 149 Å². The molecule has 3 heterocycles. The molecule has 130 valence electrons. The molecular weight excluding hydrogens is 344 g/mol. The molecule has 0 unspecified atom stereocenters. The van der Waals surface area contributed by atoms with E-state index in [0.717, 1.165) is 61.1 Å². The molecule has 2 aromatic rings. The van der Waals surface area contributed by atoms with Crippen LogP contribution in [0.2, 0.25) is 0 Å². The number of amides is 1. The molecule has 0 aromatic carbocycles. The second kappa shape index (κ2) is 7.64. The lowest BCUT2D eigenvalue weighted by Gasteiger charge is -2.35. The summed E-state index contributed by atoms with van der Waals surface area (Å²) in [5, 5.41) is 0. The van der Waals surface area contributed by atoms with Crippen LogP contribution in [0.15, 0.2) is 6.07 Å². The highest BCUT2D eigenvalue weighted by Gasteiger charge is 2.22. The van der Waals surface area contributed by atoms with E-state index in [1.54, 1.807) is 18.0 Å². The summed E-state index contributed by atoms with van der Waals surface area (Å²) in [6, 6.07) is 1.77. The fourth-order valence-corrected chi connectivity index (χ4v) is 4.11. The third-order valence-electron chi connectivity index (χ3n) is 4.05. The summed E-state index contributed by atoms with van der Waals surface area (Å²) in [4.78, 5) is 25.8. The number of aromatic nitrogens is 2. The molecule has 1 aliphatic heterocycles. The zero-order chi connectivity index (χ0) is 17.1. The van der Waals surface area contributed by atoms with Gasteiger partial charge >= 0.3 is 0 Å². The van der Waals surface area contributed by atoms with Crippen LogP contribution < -0.4 is 15.4 Å². The Balaban J connectivity index is 1.76. The number of fused-ring (bicyclic) bond motifs is 1. The lowest BCUT2D eigenvalue weighted by atomic mass is 10.3. The smallest absolute Gasteiger partial charge is 0.258 e. The number of piperazine rings is 1. The number of anilines is 1.